The van der Waals surface area contributed by atoms with Crippen molar-refractivity contribution in [2.24, 2.45) is 0 Å². The zero-order chi connectivity index (χ0) is 13.0. The molecular formula is C12H14FN3O. The molecule has 0 bridgehead atoms. The molecule has 1 atom stereocenters. The minimum absolute atomic E-state index is 0.190. The lowest BCUT2D eigenvalue weighted by Gasteiger charge is -2.23. The normalized spacial score (nSPS) is 11.6. The van der Waals surface area contributed by atoms with E-state index in [2.05, 4.69) is 0 Å². The maximum Gasteiger partial charge on any atom is 0.254 e. The lowest BCUT2D eigenvalue weighted by atomic mass is 10.1. The molecule has 0 saturated carbocycles. The van der Waals surface area contributed by atoms with Gasteiger partial charge in [0.2, 0.25) is 0 Å². The fourth-order valence-corrected chi connectivity index (χ4v) is 1.41. The molecule has 0 aromatic heterocycles. The summed E-state index contributed by atoms with van der Waals surface area (Å²) >= 11 is 0. The van der Waals surface area contributed by atoms with Crippen molar-refractivity contribution in [3.8, 4) is 6.07 Å². The second-order valence-corrected chi connectivity index (χ2v) is 3.90. The number of nitriles is 1. The van der Waals surface area contributed by atoms with Crippen LogP contribution in [0.25, 0.3) is 0 Å². The second kappa shape index (κ2) is 5.30. The summed E-state index contributed by atoms with van der Waals surface area (Å²) in [4.78, 5) is 13.4. The highest BCUT2D eigenvalue weighted by molar-refractivity contribution is 5.95. The molecule has 0 aliphatic rings. The maximum atomic E-state index is 13.1. The number of carbonyl (C=O) groups is 1. The average molecular weight is 235 g/mol. The number of carbonyl (C=O) groups excluding carboxylic acids is 1. The molecule has 2 N–H and O–H groups in total. The summed E-state index contributed by atoms with van der Waals surface area (Å²) in [6.45, 7) is 1.75. The number of anilines is 1. The third kappa shape index (κ3) is 3.18. The zero-order valence-corrected chi connectivity index (χ0v) is 9.77. The molecule has 17 heavy (non-hydrogen) atoms. The van der Waals surface area contributed by atoms with E-state index in [0.29, 0.717) is 0 Å². The monoisotopic (exact) mass is 235 g/mol. The molecule has 1 aromatic rings. The predicted octanol–water partition coefficient (Wildman–Crippen LogP) is 1.78. The van der Waals surface area contributed by atoms with E-state index in [1.54, 1.807) is 14.0 Å². The van der Waals surface area contributed by atoms with Gasteiger partial charge in [-0.25, -0.2) is 4.39 Å². The molecule has 0 aliphatic carbocycles. The van der Waals surface area contributed by atoms with E-state index in [0.717, 1.165) is 12.1 Å². The van der Waals surface area contributed by atoms with E-state index in [1.165, 1.54) is 11.0 Å². The number of benzene rings is 1. The molecule has 1 unspecified atom stereocenters. The second-order valence-electron chi connectivity index (χ2n) is 3.90. The largest absolute Gasteiger partial charge is 0.399 e. The summed E-state index contributed by atoms with van der Waals surface area (Å²) in [7, 11) is 1.57. The minimum Gasteiger partial charge on any atom is -0.399 e. The Morgan fingerprint density at radius 3 is 2.76 bits per heavy atom. The third-order valence-corrected chi connectivity index (χ3v) is 2.54. The van der Waals surface area contributed by atoms with Gasteiger partial charge in [0.25, 0.3) is 5.91 Å². The fourth-order valence-electron chi connectivity index (χ4n) is 1.41. The SMILES string of the molecule is CC(CC#N)N(C)C(=O)c1cc(N)cc(F)c1. The van der Waals surface area contributed by atoms with Gasteiger partial charge in [-0.15, -0.1) is 0 Å². The Hall–Kier alpha value is -2.09. The van der Waals surface area contributed by atoms with Crippen LogP contribution in [-0.4, -0.2) is 23.9 Å². The summed E-state index contributed by atoms with van der Waals surface area (Å²) in [6, 6.07) is 5.46. The number of nitrogen functional groups attached to an aromatic ring is 1. The van der Waals surface area contributed by atoms with E-state index in [1.807, 2.05) is 6.07 Å². The van der Waals surface area contributed by atoms with Crippen LogP contribution in [0.2, 0.25) is 0 Å². The average Bonchev–Trinajstić information content (AvgIpc) is 2.26. The Kier molecular flexibility index (Phi) is 4.05. The molecule has 0 fully saturated rings. The van der Waals surface area contributed by atoms with Crippen LogP contribution in [0.3, 0.4) is 0 Å². The molecule has 1 amide bonds. The Morgan fingerprint density at radius 1 is 1.59 bits per heavy atom. The van der Waals surface area contributed by atoms with Crippen LogP contribution in [0, 0.1) is 17.1 Å². The molecule has 1 rings (SSSR count). The van der Waals surface area contributed by atoms with Crippen molar-refractivity contribution < 1.29 is 9.18 Å². The van der Waals surface area contributed by atoms with Crippen molar-refractivity contribution in [2.45, 2.75) is 19.4 Å². The van der Waals surface area contributed by atoms with Crippen molar-refractivity contribution in [1.29, 1.82) is 5.26 Å². The molecule has 0 saturated heterocycles. The number of hydrogen-bond donors (Lipinski definition) is 1. The first-order valence-electron chi connectivity index (χ1n) is 5.16. The molecular weight excluding hydrogens is 221 g/mol. The first-order chi connectivity index (χ1) is 7.95. The van der Waals surface area contributed by atoms with Gasteiger partial charge >= 0.3 is 0 Å². The van der Waals surface area contributed by atoms with Gasteiger partial charge < -0.3 is 10.6 Å². The predicted molar refractivity (Wildman–Crippen MR) is 62.6 cm³/mol. The lowest BCUT2D eigenvalue weighted by molar-refractivity contribution is 0.0746. The molecule has 5 heteroatoms. The Balaban J connectivity index is 2.93. The van der Waals surface area contributed by atoms with Gasteiger partial charge in [0, 0.05) is 24.3 Å². The van der Waals surface area contributed by atoms with E-state index < -0.39 is 5.82 Å². The third-order valence-electron chi connectivity index (χ3n) is 2.54. The summed E-state index contributed by atoms with van der Waals surface area (Å²) in [5.74, 6) is -0.895. The number of hydrogen-bond acceptors (Lipinski definition) is 3. The standard InChI is InChI=1S/C12H14FN3O/c1-8(3-4-14)16(2)12(17)9-5-10(13)7-11(15)6-9/h5-8H,3,15H2,1-2H3. The van der Waals surface area contributed by atoms with Crippen LogP contribution >= 0.6 is 0 Å². The summed E-state index contributed by atoms with van der Waals surface area (Å²) < 4.78 is 13.1. The number of rotatable bonds is 3. The molecule has 0 heterocycles. The van der Waals surface area contributed by atoms with Crippen LogP contribution in [0.15, 0.2) is 18.2 Å². The van der Waals surface area contributed by atoms with Crippen LogP contribution in [0.1, 0.15) is 23.7 Å². The highest BCUT2D eigenvalue weighted by atomic mass is 19.1. The molecule has 1 aromatic carbocycles. The summed E-state index contributed by atoms with van der Waals surface area (Å²) in [5, 5.41) is 8.56. The Morgan fingerprint density at radius 2 is 2.24 bits per heavy atom. The highest BCUT2D eigenvalue weighted by Gasteiger charge is 2.18. The van der Waals surface area contributed by atoms with Gasteiger partial charge in [-0.3, -0.25) is 4.79 Å². The highest BCUT2D eigenvalue weighted by Crippen LogP contribution is 2.14. The number of nitrogens with two attached hydrogens (primary N) is 1. The Bertz CT molecular complexity index is 447. The molecule has 0 radical (unpaired) electrons. The van der Waals surface area contributed by atoms with Gasteiger partial charge in [-0.1, -0.05) is 0 Å². The summed E-state index contributed by atoms with van der Waals surface area (Å²) in [6.07, 6.45) is 0.229. The topological polar surface area (TPSA) is 70.1 Å². The Labute approximate surface area is 99.4 Å². The van der Waals surface area contributed by atoms with E-state index >= 15 is 0 Å². The van der Waals surface area contributed by atoms with Crippen LogP contribution in [0.4, 0.5) is 10.1 Å². The van der Waals surface area contributed by atoms with E-state index in [4.69, 9.17) is 11.0 Å². The van der Waals surface area contributed by atoms with Crippen molar-refractivity contribution in [2.75, 3.05) is 12.8 Å². The van der Waals surface area contributed by atoms with Gasteiger partial charge in [-0.2, -0.15) is 5.26 Å². The van der Waals surface area contributed by atoms with Crippen molar-refractivity contribution in [3.63, 3.8) is 0 Å². The molecule has 0 spiro atoms. The van der Waals surface area contributed by atoms with Gasteiger partial charge in [0.05, 0.1) is 12.5 Å². The quantitative estimate of drug-likeness (QED) is 0.812. The molecule has 4 nitrogen and oxygen atoms in total. The zero-order valence-electron chi connectivity index (χ0n) is 9.77. The smallest absolute Gasteiger partial charge is 0.254 e. The van der Waals surface area contributed by atoms with E-state index in [-0.39, 0.29) is 29.6 Å². The minimum atomic E-state index is -0.547. The van der Waals surface area contributed by atoms with Gasteiger partial charge in [-0.05, 0) is 25.1 Å². The number of nitrogens with zero attached hydrogens (tertiary/aromatic N) is 2. The number of halogens is 1. The first-order valence-corrected chi connectivity index (χ1v) is 5.16. The first kappa shape index (κ1) is 13.0. The molecule has 0 aliphatic heterocycles. The van der Waals surface area contributed by atoms with Gasteiger partial charge in [0.1, 0.15) is 5.82 Å². The van der Waals surface area contributed by atoms with Crippen LogP contribution in [0.5, 0.6) is 0 Å². The summed E-state index contributed by atoms with van der Waals surface area (Å²) in [5.41, 5.74) is 5.86. The number of amides is 1. The fraction of sp³-hybridized carbons (Fsp3) is 0.333. The van der Waals surface area contributed by atoms with Crippen molar-refractivity contribution >= 4 is 11.6 Å². The maximum absolute atomic E-state index is 13.1. The van der Waals surface area contributed by atoms with Gasteiger partial charge in [0.15, 0.2) is 0 Å². The molecule has 90 valence electrons. The van der Waals surface area contributed by atoms with Crippen LogP contribution < -0.4 is 5.73 Å². The van der Waals surface area contributed by atoms with Crippen molar-refractivity contribution in [1.82, 2.24) is 4.90 Å². The van der Waals surface area contributed by atoms with E-state index in [9.17, 15) is 9.18 Å². The van der Waals surface area contributed by atoms with Crippen molar-refractivity contribution in [3.05, 3.63) is 29.6 Å². The van der Waals surface area contributed by atoms with Crippen LogP contribution in [-0.2, 0) is 0 Å². The lowest BCUT2D eigenvalue weighted by Crippen LogP contribution is -2.34.